The van der Waals surface area contributed by atoms with E-state index in [2.05, 4.69) is 34.7 Å². The lowest BCUT2D eigenvalue weighted by Crippen LogP contribution is -2.59. The lowest BCUT2D eigenvalue weighted by Gasteiger charge is -2.37. The Hall–Kier alpha value is -1.55. The zero-order chi connectivity index (χ0) is 13.5. The topological polar surface area (TPSA) is 44.4 Å². The first-order chi connectivity index (χ1) is 9.14. The fraction of sp³-hybridized carbons (Fsp3) is 0.533. The lowest BCUT2D eigenvalue weighted by atomic mass is 9.94. The number of nitrogens with zero attached hydrogens (tertiary/aromatic N) is 1. The Morgan fingerprint density at radius 1 is 1.26 bits per heavy atom. The molecule has 3 rings (SSSR count). The van der Waals surface area contributed by atoms with Crippen LogP contribution in [0, 0.1) is 0 Å². The highest BCUT2D eigenvalue weighted by atomic mass is 16.2. The molecule has 1 aliphatic heterocycles. The van der Waals surface area contributed by atoms with Crippen LogP contribution in [0.15, 0.2) is 24.3 Å². The molecule has 1 amide bonds. The third-order valence-electron chi connectivity index (χ3n) is 4.31. The Labute approximate surface area is 114 Å². The van der Waals surface area contributed by atoms with Crippen LogP contribution in [0.2, 0.25) is 0 Å². The molecule has 1 aromatic rings. The monoisotopic (exact) mass is 259 g/mol. The molecule has 0 radical (unpaired) electrons. The molecule has 4 heteroatoms. The first-order valence-electron chi connectivity index (χ1n) is 6.92. The van der Waals surface area contributed by atoms with Gasteiger partial charge in [0.25, 0.3) is 0 Å². The quantitative estimate of drug-likeness (QED) is 0.853. The van der Waals surface area contributed by atoms with Crippen LogP contribution < -0.4 is 10.6 Å². The number of rotatable bonds is 4. The molecule has 1 saturated carbocycles. The van der Waals surface area contributed by atoms with Gasteiger partial charge in [-0.2, -0.15) is 0 Å². The highest BCUT2D eigenvalue weighted by molar-refractivity contribution is 5.91. The number of carbonyl (C=O) groups excluding carboxylic acids is 1. The number of anilines is 1. The van der Waals surface area contributed by atoms with Gasteiger partial charge >= 0.3 is 0 Å². The minimum atomic E-state index is -0.250. The van der Waals surface area contributed by atoms with E-state index in [-0.39, 0.29) is 11.3 Å². The average Bonchev–Trinajstić information content (AvgIpc) is 3.18. The fourth-order valence-corrected chi connectivity index (χ4v) is 2.84. The number of benzene rings is 1. The molecule has 0 atom stereocenters. The number of nitrogens with one attached hydrogen (secondary N) is 2. The first kappa shape index (κ1) is 12.5. The van der Waals surface area contributed by atoms with E-state index in [0.717, 1.165) is 37.2 Å². The molecule has 102 valence electrons. The summed E-state index contributed by atoms with van der Waals surface area (Å²) in [5, 5.41) is 6.28. The molecule has 1 aliphatic carbocycles. The maximum absolute atomic E-state index is 12.4. The molecule has 2 fully saturated rings. The van der Waals surface area contributed by atoms with Crippen molar-refractivity contribution in [3.8, 4) is 0 Å². The molecule has 19 heavy (non-hydrogen) atoms. The zero-order valence-corrected chi connectivity index (χ0v) is 11.6. The maximum atomic E-state index is 12.4. The molecule has 2 aliphatic rings. The number of hydrogen-bond acceptors (Lipinski definition) is 3. The van der Waals surface area contributed by atoms with Gasteiger partial charge in [-0.3, -0.25) is 4.79 Å². The van der Waals surface area contributed by atoms with Gasteiger partial charge in [0, 0.05) is 25.8 Å². The predicted molar refractivity (Wildman–Crippen MR) is 76.3 cm³/mol. The number of carbonyl (C=O) groups is 1. The SMILES string of the molecule is CNc1ccc(C2(C(=O)NC3CN(C)C3)CC2)cc1. The van der Waals surface area contributed by atoms with Crippen LogP contribution in [0.5, 0.6) is 0 Å². The van der Waals surface area contributed by atoms with E-state index in [0.29, 0.717) is 6.04 Å². The van der Waals surface area contributed by atoms with E-state index >= 15 is 0 Å². The average molecular weight is 259 g/mol. The fourth-order valence-electron chi connectivity index (χ4n) is 2.84. The van der Waals surface area contributed by atoms with Crippen molar-refractivity contribution in [2.75, 3.05) is 32.5 Å². The summed E-state index contributed by atoms with van der Waals surface area (Å²) in [5.41, 5.74) is 1.98. The molecule has 0 unspecified atom stereocenters. The second-order valence-corrected chi connectivity index (χ2v) is 5.80. The van der Waals surface area contributed by atoms with Gasteiger partial charge in [-0.15, -0.1) is 0 Å². The number of likely N-dealkylation sites (N-methyl/N-ethyl adjacent to an activating group) is 1. The van der Waals surface area contributed by atoms with Crippen molar-refractivity contribution < 1.29 is 4.79 Å². The van der Waals surface area contributed by atoms with Crippen molar-refractivity contribution in [3.05, 3.63) is 29.8 Å². The second-order valence-electron chi connectivity index (χ2n) is 5.80. The molecule has 1 aromatic carbocycles. The molecule has 1 heterocycles. The van der Waals surface area contributed by atoms with Crippen LogP contribution >= 0.6 is 0 Å². The first-order valence-corrected chi connectivity index (χ1v) is 6.92. The largest absolute Gasteiger partial charge is 0.388 e. The van der Waals surface area contributed by atoms with Gasteiger partial charge in [0.1, 0.15) is 0 Å². The molecule has 2 N–H and O–H groups in total. The van der Waals surface area contributed by atoms with Crippen LogP contribution in [0.1, 0.15) is 18.4 Å². The van der Waals surface area contributed by atoms with Crippen LogP contribution in [-0.2, 0) is 10.2 Å². The minimum absolute atomic E-state index is 0.211. The normalized spacial score (nSPS) is 21.6. The molecule has 4 nitrogen and oxygen atoms in total. The van der Waals surface area contributed by atoms with E-state index < -0.39 is 0 Å². The molecule has 0 spiro atoms. The summed E-state index contributed by atoms with van der Waals surface area (Å²) in [7, 11) is 3.98. The van der Waals surface area contributed by atoms with Crippen LogP contribution in [0.4, 0.5) is 5.69 Å². The smallest absolute Gasteiger partial charge is 0.230 e. The third-order valence-corrected chi connectivity index (χ3v) is 4.31. The minimum Gasteiger partial charge on any atom is -0.388 e. The summed E-state index contributed by atoms with van der Waals surface area (Å²) in [6.45, 7) is 1.95. The van der Waals surface area contributed by atoms with Crippen LogP contribution in [0.3, 0.4) is 0 Å². The van der Waals surface area contributed by atoms with Gasteiger partial charge in [0.2, 0.25) is 5.91 Å². The Morgan fingerprint density at radius 3 is 2.37 bits per heavy atom. The second kappa shape index (κ2) is 4.53. The van der Waals surface area contributed by atoms with Crippen molar-refractivity contribution in [2.24, 2.45) is 0 Å². The van der Waals surface area contributed by atoms with Crippen LogP contribution in [0.25, 0.3) is 0 Å². The van der Waals surface area contributed by atoms with E-state index in [4.69, 9.17) is 0 Å². The number of amides is 1. The maximum Gasteiger partial charge on any atom is 0.230 e. The number of likely N-dealkylation sites (tertiary alicyclic amines) is 1. The summed E-state index contributed by atoms with van der Waals surface area (Å²) < 4.78 is 0. The van der Waals surface area contributed by atoms with Gasteiger partial charge < -0.3 is 15.5 Å². The molecule has 0 aromatic heterocycles. The number of hydrogen-bond donors (Lipinski definition) is 2. The van der Waals surface area contributed by atoms with Gasteiger partial charge in [-0.05, 0) is 37.6 Å². The van der Waals surface area contributed by atoms with E-state index in [1.54, 1.807) is 0 Å². The summed E-state index contributed by atoms with van der Waals surface area (Å²) in [6, 6.07) is 8.57. The summed E-state index contributed by atoms with van der Waals surface area (Å²) in [5.74, 6) is 0.211. The molecule has 0 bridgehead atoms. The van der Waals surface area contributed by atoms with Gasteiger partial charge in [-0.25, -0.2) is 0 Å². The van der Waals surface area contributed by atoms with E-state index in [1.165, 1.54) is 0 Å². The Morgan fingerprint density at radius 2 is 1.89 bits per heavy atom. The molecular weight excluding hydrogens is 238 g/mol. The Kier molecular flexibility index (Phi) is 2.97. The van der Waals surface area contributed by atoms with E-state index in [1.807, 2.05) is 19.2 Å². The van der Waals surface area contributed by atoms with Crippen molar-refractivity contribution in [1.82, 2.24) is 10.2 Å². The Balaban J connectivity index is 1.69. The highest BCUT2D eigenvalue weighted by Crippen LogP contribution is 2.48. The lowest BCUT2D eigenvalue weighted by molar-refractivity contribution is -0.125. The van der Waals surface area contributed by atoms with Crippen molar-refractivity contribution in [1.29, 1.82) is 0 Å². The van der Waals surface area contributed by atoms with Crippen molar-refractivity contribution in [3.63, 3.8) is 0 Å². The van der Waals surface area contributed by atoms with Crippen LogP contribution in [-0.4, -0.2) is 44.0 Å². The van der Waals surface area contributed by atoms with Gasteiger partial charge in [0.05, 0.1) is 11.5 Å². The molecule has 1 saturated heterocycles. The Bertz CT molecular complexity index is 473. The van der Waals surface area contributed by atoms with Crippen molar-refractivity contribution >= 4 is 11.6 Å². The molecular formula is C15H21N3O. The predicted octanol–water partition coefficient (Wildman–Crippen LogP) is 1.19. The standard InChI is InChI=1S/C15H21N3O/c1-16-12-5-3-11(4-6-12)15(7-8-15)14(19)17-13-9-18(2)10-13/h3-6,13,16H,7-10H2,1-2H3,(H,17,19). The van der Waals surface area contributed by atoms with Gasteiger partial charge in [-0.1, -0.05) is 12.1 Å². The summed E-state index contributed by atoms with van der Waals surface area (Å²) in [6.07, 6.45) is 1.95. The summed E-state index contributed by atoms with van der Waals surface area (Å²) in [4.78, 5) is 14.7. The highest BCUT2D eigenvalue weighted by Gasteiger charge is 2.51. The zero-order valence-electron chi connectivity index (χ0n) is 11.6. The van der Waals surface area contributed by atoms with Crippen molar-refractivity contribution in [2.45, 2.75) is 24.3 Å². The van der Waals surface area contributed by atoms with Gasteiger partial charge in [0.15, 0.2) is 0 Å². The summed E-state index contributed by atoms with van der Waals surface area (Å²) >= 11 is 0. The third kappa shape index (κ3) is 2.21. The van der Waals surface area contributed by atoms with E-state index in [9.17, 15) is 4.79 Å².